The molecule has 2 aliphatic rings. The highest BCUT2D eigenvalue weighted by atomic mass is 32.2. The highest BCUT2D eigenvalue weighted by Gasteiger charge is 2.27. The van der Waals surface area contributed by atoms with Crippen LogP contribution >= 0.6 is 0 Å². The van der Waals surface area contributed by atoms with Crippen molar-refractivity contribution in [2.45, 2.75) is 37.5 Å². The van der Waals surface area contributed by atoms with Crippen LogP contribution in [0.3, 0.4) is 0 Å². The lowest BCUT2D eigenvalue weighted by molar-refractivity contribution is -0.120. The molecule has 0 saturated carbocycles. The number of aliphatic imine (C=N–C) groups is 1. The van der Waals surface area contributed by atoms with Crippen LogP contribution in [0.4, 0.5) is 5.69 Å². The predicted molar refractivity (Wildman–Crippen MR) is 127 cm³/mol. The first-order chi connectivity index (χ1) is 16.1. The topological polar surface area (TPSA) is 181 Å². The Labute approximate surface area is 198 Å². The van der Waals surface area contributed by atoms with Gasteiger partial charge in [0, 0.05) is 25.0 Å². The lowest BCUT2D eigenvalue weighted by Crippen LogP contribution is -2.53. The van der Waals surface area contributed by atoms with Crippen molar-refractivity contribution in [2.75, 3.05) is 31.6 Å². The number of nitrogens with two attached hydrogens (primary N) is 2. The Morgan fingerprint density at radius 1 is 1.21 bits per heavy atom. The summed E-state index contributed by atoms with van der Waals surface area (Å²) in [6.07, 6.45) is 1.09. The Balaban J connectivity index is 1.74. The molecule has 1 aromatic carbocycles. The molecule has 34 heavy (non-hydrogen) atoms. The molecule has 186 valence electrons. The van der Waals surface area contributed by atoms with Crippen molar-refractivity contribution in [1.29, 1.82) is 0 Å². The van der Waals surface area contributed by atoms with Gasteiger partial charge in [-0.3, -0.25) is 19.9 Å². The molecule has 12 nitrogen and oxygen atoms in total. The number of amides is 2. The molecule has 2 aliphatic heterocycles. The molecular weight excluding hydrogens is 462 g/mol. The van der Waals surface area contributed by atoms with Crippen molar-refractivity contribution in [2.24, 2.45) is 22.4 Å². The van der Waals surface area contributed by atoms with Crippen molar-refractivity contribution in [3.05, 3.63) is 35.7 Å². The molecule has 0 radical (unpaired) electrons. The molecular formula is C21H31N7O5S. The molecule has 0 bridgehead atoms. The Kier molecular flexibility index (Phi) is 8.25. The van der Waals surface area contributed by atoms with E-state index in [-0.39, 0.29) is 22.2 Å². The van der Waals surface area contributed by atoms with Crippen LogP contribution < -0.4 is 27.4 Å². The number of nitrogens with zero attached hydrogens (tertiary/aromatic N) is 2. The van der Waals surface area contributed by atoms with Crippen molar-refractivity contribution < 1.29 is 22.7 Å². The summed E-state index contributed by atoms with van der Waals surface area (Å²) in [5, 5.41) is 9.06. The van der Waals surface area contributed by atoms with Gasteiger partial charge in [0.05, 0.1) is 29.7 Å². The first-order valence-electron chi connectivity index (χ1n) is 10.9. The van der Waals surface area contributed by atoms with Gasteiger partial charge in [0.15, 0.2) is 6.29 Å². The van der Waals surface area contributed by atoms with E-state index in [1.54, 1.807) is 12.1 Å². The van der Waals surface area contributed by atoms with Crippen LogP contribution in [0, 0.1) is 5.92 Å². The summed E-state index contributed by atoms with van der Waals surface area (Å²) in [5.41, 5.74) is 11.6. The summed E-state index contributed by atoms with van der Waals surface area (Å²) in [5.74, 6) is -0.741. The molecule has 1 unspecified atom stereocenters. The van der Waals surface area contributed by atoms with Gasteiger partial charge in [-0.2, -0.15) is 4.31 Å². The van der Waals surface area contributed by atoms with Gasteiger partial charge in [-0.15, -0.1) is 0 Å². The first-order valence-corrected chi connectivity index (χ1v) is 12.4. The summed E-state index contributed by atoms with van der Waals surface area (Å²) in [6, 6.07) is 5.50. The second-order valence-corrected chi connectivity index (χ2v) is 10.3. The minimum absolute atomic E-state index is 0.0996. The van der Waals surface area contributed by atoms with Crippen molar-refractivity contribution in [3.63, 3.8) is 0 Å². The fourth-order valence-electron chi connectivity index (χ4n) is 3.56. The molecule has 2 amide bonds. The summed E-state index contributed by atoms with van der Waals surface area (Å²) < 4.78 is 32.2. The number of ether oxygens (including phenoxy) is 1. The summed E-state index contributed by atoms with van der Waals surface area (Å²) in [4.78, 5) is 28.1. The zero-order valence-corrected chi connectivity index (χ0v) is 20.0. The fourth-order valence-corrected chi connectivity index (χ4v) is 4.97. The molecule has 0 aliphatic carbocycles. The Morgan fingerprint density at radius 2 is 1.85 bits per heavy atom. The van der Waals surface area contributed by atoms with Crippen LogP contribution in [-0.4, -0.2) is 69.4 Å². The Morgan fingerprint density at radius 3 is 2.41 bits per heavy atom. The van der Waals surface area contributed by atoms with Gasteiger partial charge >= 0.3 is 0 Å². The van der Waals surface area contributed by atoms with Crippen LogP contribution in [0.25, 0.3) is 0 Å². The number of carbonyl (C=O) groups is 2. The molecule has 0 spiro atoms. The monoisotopic (exact) mass is 493 g/mol. The molecule has 1 saturated heterocycles. The number of benzene rings is 1. The van der Waals surface area contributed by atoms with Gasteiger partial charge in [-0.05, 0) is 36.6 Å². The van der Waals surface area contributed by atoms with Gasteiger partial charge in [-0.25, -0.2) is 8.42 Å². The highest BCUT2D eigenvalue weighted by Crippen LogP contribution is 2.21. The third-order valence-electron chi connectivity index (χ3n) is 5.31. The zero-order valence-electron chi connectivity index (χ0n) is 19.2. The second kappa shape index (κ2) is 11.0. The number of rotatable bonds is 10. The van der Waals surface area contributed by atoms with Gasteiger partial charge in [0.2, 0.25) is 15.9 Å². The van der Waals surface area contributed by atoms with Crippen molar-refractivity contribution in [1.82, 2.24) is 14.9 Å². The van der Waals surface area contributed by atoms with Crippen LogP contribution in [-0.2, 0) is 24.3 Å². The minimum Gasteiger partial charge on any atom is -0.379 e. The Hall–Kier alpha value is -3.00. The van der Waals surface area contributed by atoms with Crippen LogP contribution in [0.2, 0.25) is 0 Å². The third kappa shape index (κ3) is 6.32. The van der Waals surface area contributed by atoms with E-state index >= 15 is 0 Å². The number of nitrogens with one attached hydrogen (secondary N) is 3. The fraction of sp³-hybridized carbons (Fsp3) is 0.476. The molecule has 13 heteroatoms. The van der Waals surface area contributed by atoms with Crippen LogP contribution in [0.1, 0.15) is 20.3 Å². The quantitative estimate of drug-likeness (QED) is 0.282. The normalized spacial score (nSPS) is 20.1. The molecule has 3 rings (SSSR count). The van der Waals surface area contributed by atoms with Gasteiger partial charge in [0.25, 0.3) is 5.91 Å². The zero-order chi connectivity index (χ0) is 24.9. The van der Waals surface area contributed by atoms with E-state index in [0.29, 0.717) is 38.4 Å². The number of anilines is 1. The van der Waals surface area contributed by atoms with E-state index in [9.17, 15) is 18.0 Å². The SMILES string of the molecule is CC(C)C[C@@H](NC1N=CC(C(N)=O)=C(Nc2ccc(S(=O)(=O)N3CCOCC3)cc2)N1)C(N)=O. The average molecular weight is 494 g/mol. The summed E-state index contributed by atoms with van der Waals surface area (Å²) in [7, 11) is -3.63. The number of hydrogen-bond acceptors (Lipinski definition) is 9. The maximum atomic E-state index is 12.8. The number of morpholine rings is 1. The maximum Gasteiger partial charge on any atom is 0.253 e. The number of hydrogen-bond donors (Lipinski definition) is 5. The van der Waals surface area contributed by atoms with E-state index < -0.39 is 34.2 Å². The molecule has 7 N–H and O–H groups in total. The smallest absolute Gasteiger partial charge is 0.253 e. The van der Waals surface area contributed by atoms with Gasteiger partial charge in [0.1, 0.15) is 5.82 Å². The van der Waals surface area contributed by atoms with Gasteiger partial charge in [-0.1, -0.05) is 13.8 Å². The lowest BCUT2D eigenvalue weighted by atomic mass is 10.0. The molecule has 2 heterocycles. The standard InChI is InChI=1S/C21H31N7O5S/c1-13(2)11-17(19(23)30)26-21-24-12-16(18(22)29)20(27-21)25-14-3-5-15(6-4-14)34(31,32)28-7-9-33-10-8-28/h3-6,12-13,17,21,25-27H,7-11H2,1-2H3,(H2,22,29)(H2,23,30)/t17-,21?/m1/s1. The molecule has 2 atom stereocenters. The number of carbonyl (C=O) groups excluding carboxylic acids is 2. The lowest BCUT2D eigenvalue weighted by Gasteiger charge is -2.28. The third-order valence-corrected chi connectivity index (χ3v) is 7.22. The number of primary amides is 2. The summed E-state index contributed by atoms with van der Waals surface area (Å²) in [6.45, 7) is 5.26. The predicted octanol–water partition coefficient (Wildman–Crippen LogP) is -0.736. The van der Waals surface area contributed by atoms with E-state index in [1.807, 2.05) is 13.8 Å². The van der Waals surface area contributed by atoms with Crippen LogP contribution in [0.15, 0.2) is 45.5 Å². The summed E-state index contributed by atoms with van der Waals surface area (Å²) >= 11 is 0. The molecule has 1 fully saturated rings. The highest BCUT2D eigenvalue weighted by molar-refractivity contribution is 7.89. The van der Waals surface area contributed by atoms with Gasteiger partial charge < -0.3 is 26.8 Å². The minimum atomic E-state index is -3.63. The Bertz CT molecular complexity index is 1060. The van der Waals surface area contributed by atoms with E-state index in [0.717, 1.165) is 0 Å². The van der Waals surface area contributed by atoms with E-state index in [4.69, 9.17) is 16.2 Å². The number of sulfonamides is 1. The van der Waals surface area contributed by atoms with Crippen LogP contribution in [0.5, 0.6) is 0 Å². The van der Waals surface area contributed by atoms with Crippen molar-refractivity contribution >= 4 is 33.7 Å². The largest absolute Gasteiger partial charge is 0.379 e. The first kappa shape index (κ1) is 25.6. The second-order valence-electron chi connectivity index (χ2n) is 8.39. The average Bonchev–Trinajstić information content (AvgIpc) is 2.79. The molecule has 0 aromatic heterocycles. The van der Waals surface area contributed by atoms with E-state index in [2.05, 4.69) is 20.9 Å². The van der Waals surface area contributed by atoms with Crippen molar-refractivity contribution in [3.8, 4) is 0 Å². The maximum absolute atomic E-state index is 12.8. The molecule has 1 aromatic rings. The van der Waals surface area contributed by atoms with E-state index in [1.165, 1.54) is 22.7 Å².